The maximum atomic E-state index is 11.2. The molecule has 2 atom stereocenters. The largest absolute Gasteiger partial charge is 0.388 e. The summed E-state index contributed by atoms with van der Waals surface area (Å²) < 4.78 is 0.820. The van der Waals surface area contributed by atoms with Crippen molar-refractivity contribution in [1.29, 1.82) is 0 Å². The Hall–Kier alpha value is -1.07. The molecule has 0 saturated carbocycles. The lowest BCUT2D eigenvalue weighted by Gasteiger charge is -2.19. The van der Waals surface area contributed by atoms with E-state index in [1.54, 1.807) is 0 Å². The smallest absolute Gasteiger partial charge is 0.323 e. The van der Waals surface area contributed by atoms with E-state index in [1.165, 1.54) is 0 Å². The second-order valence-electron chi connectivity index (χ2n) is 4.71. The summed E-state index contributed by atoms with van der Waals surface area (Å²) in [5.41, 5.74) is 2.05. The van der Waals surface area contributed by atoms with Crippen LogP contribution in [0.5, 0.6) is 0 Å². The molecule has 1 aromatic heterocycles. The van der Waals surface area contributed by atoms with Crippen molar-refractivity contribution in [2.45, 2.75) is 32.8 Å². The van der Waals surface area contributed by atoms with Gasteiger partial charge in [0.1, 0.15) is 0 Å². The topological polar surface area (TPSA) is 68.9 Å². The third kappa shape index (κ3) is 2.52. The molecule has 0 aliphatic carbocycles. The minimum Gasteiger partial charge on any atom is -0.388 e. The molecule has 2 unspecified atom stereocenters. The second-order valence-corrected chi connectivity index (χ2v) is 5.56. The molecule has 5 heteroatoms. The van der Waals surface area contributed by atoms with Crippen LogP contribution in [0.2, 0.25) is 0 Å². The van der Waals surface area contributed by atoms with E-state index in [-0.39, 0.29) is 11.6 Å². The fourth-order valence-corrected chi connectivity index (χ4v) is 2.80. The number of aliphatic hydroxyl groups excluding tert-OH is 1. The summed E-state index contributed by atoms with van der Waals surface area (Å²) in [6.45, 7) is 4.13. The maximum Gasteiger partial charge on any atom is 0.323 e. The van der Waals surface area contributed by atoms with Gasteiger partial charge in [-0.05, 0) is 30.0 Å². The summed E-state index contributed by atoms with van der Waals surface area (Å²) in [6.07, 6.45) is 1.48. The van der Waals surface area contributed by atoms with Crippen LogP contribution in [-0.2, 0) is 0 Å². The summed E-state index contributed by atoms with van der Waals surface area (Å²) in [5.74, 6) is 0.189. The number of aliphatic hydroxyl groups is 1. The lowest BCUT2D eigenvalue weighted by atomic mass is 9.93. The summed E-state index contributed by atoms with van der Waals surface area (Å²) >= 11 is 3.45. The fraction of sp³-hybridized carbons (Fsp3) is 0.462. The van der Waals surface area contributed by atoms with Crippen LogP contribution in [-0.4, -0.2) is 15.1 Å². The molecule has 0 saturated heterocycles. The van der Waals surface area contributed by atoms with Crippen molar-refractivity contribution in [1.82, 2.24) is 9.97 Å². The van der Waals surface area contributed by atoms with Crippen molar-refractivity contribution in [3.63, 3.8) is 0 Å². The molecule has 0 amide bonds. The van der Waals surface area contributed by atoms with E-state index in [0.29, 0.717) is 0 Å². The van der Waals surface area contributed by atoms with Crippen molar-refractivity contribution in [3.05, 3.63) is 32.7 Å². The normalized spacial score (nSPS) is 14.9. The molecule has 0 fully saturated rings. The molecule has 2 rings (SSSR count). The van der Waals surface area contributed by atoms with E-state index >= 15 is 0 Å². The number of hydrogen-bond acceptors (Lipinski definition) is 2. The van der Waals surface area contributed by atoms with E-state index in [1.807, 2.05) is 19.1 Å². The summed E-state index contributed by atoms with van der Waals surface area (Å²) in [5, 5.41) is 10.3. The first kappa shape index (κ1) is 13.4. The predicted octanol–water partition coefficient (Wildman–Crippen LogP) is 3.09. The van der Waals surface area contributed by atoms with Crippen LogP contribution in [0, 0.1) is 5.92 Å². The Morgan fingerprint density at radius 1 is 1.33 bits per heavy atom. The number of rotatable bonds is 4. The third-order valence-electron chi connectivity index (χ3n) is 3.23. The van der Waals surface area contributed by atoms with Gasteiger partial charge in [-0.1, -0.05) is 36.2 Å². The molecule has 18 heavy (non-hydrogen) atoms. The molecule has 0 bridgehead atoms. The number of halogens is 1. The van der Waals surface area contributed by atoms with E-state index < -0.39 is 6.10 Å². The molecular formula is C13H17BrN2O2. The van der Waals surface area contributed by atoms with Gasteiger partial charge in [-0.2, -0.15) is 0 Å². The number of nitrogens with one attached hydrogen (secondary N) is 2. The minimum absolute atomic E-state index is 0.189. The van der Waals surface area contributed by atoms with Crippen molar-refractivity contribution >= 4 is 27.0 Å². The van der Waals surface area contributed by atoms with Gasteiger partial charge < -0.3 is 15.1 Å². The number of benzene rings is 1. The zero-order valence-electron chi connectivity index (χ0n) is 10.5. The van der Waals surface area contributed by atoms with Gasteiger partial charge in [-0.15, -0.1) is 0 Å². The third-order valence-corrected chi connectivity index (χ3v) is 3.92. The molecule has 0 radical (unpaired) electrons. The van der Waals surface area contributed by atoms with Crippen molar-refractivity contribution in [3.8, 4) is 0 Å². The fourth-order valence-electron chi connectivity index (χ4n) is 2.22. The molecular weight excluding hydrogens is 296 g/mol. The van der Waals surface area contributed by atoms with Gasteiger partial charge in [-0.25, -0.2) is 4.79 Å². The monoisotopic (exact) mass is 312 g/mol. The number of H-pyrrole nitrogens is 2. The molecule has 3 N–H and O–H groups in total. The van der Waals surface area contributed by atoms with Crippen molar-refractivity contribution in [2.24, 2.45) is 5.92 Å². The van der Waals surface area contributed by atoms with Crippen LogP contribution in [0.1, 0.15) is 38.4 Å². The molecule has 0 aliphatic heterocycles. The SMILES string of the molecule is CCCC(C)C(O)c1cc2[nH]c(=O)[nH]c2cc1Br. The van der Waals surface area contributed by atoms with Crippen LogP contribution >= 0.6 is 15.9 Å². The van der Waals surface area contributed by atoms with Gasteiger partial charge in [0.15, 0.2) is 0 Å². The Bertz CT molecular complexity index is 603. The van der Waals surface area contributed by atoms with Gasteiger partial charge >= 0.3 is 5.69 Å². The van der Waals surface area contributed by atoms with Crippen molar-refractivity contribution < 1.29 is 5.11 Å². The average Bonchev–Trinajstić information content (AvgIpc) is 2.66. The standard InChI is InChI=1S/C13H17BrN2O2/c1-3-4-7(2)12(17)8-5-10-11(6-9(8)14)16-13(18)15-10/h5-7,12,17H,3-4H2,1-2H3,(H2,15,16,18). The Morgan fingerprint density at radius 2 is 1.94 bits per heavy atom. The van der Waals surface area contributed by atoms with Crippen LogP contribution < -0.4 is 5.69 Å². The number of imidazole rings is 1. The summed E-state index contributed by atoms with van der Waals surface area (Å²) in [4.78, 5) is 16.6. The molecule has 4 nitrogen and oxygen atoms in total. The van der Waals surface area contributed by atoms with E-state index in [9.17, 15) is 9.90 Å². The highest BCUT2D eigenvalue weighted by molar-refractivity contribution is 9.10. The van der Waals surface area contributed by atoms with Crippen LogP contribution in [0.15, 0.2) is 21.4 Å². The molecule has 0 aliphatic rings. The van der Waals surface area contributed by atoms with Gasteiger partial charge in [0.2, 0.25) is 0 Å². The van der Waals surface area contributed by atoms with Gasteiger partial charge in [0.05, 0.1) is 17.1 Å². The zero-order chi connectivity index (χ0) is 13.3. The second kappa shape index (κ2) is 5.28. The molecule has 1 aromatic carbocycles. The lowest BCUT2D eigenvalue weighted by Crippen LogP contribution is -2.09. The first-order valence-electron chi connectivity index (χ1n) is 6.12. The van der Waals surface area contributed by atoms with Gasteiger partial charge in [0.25, 0.3) is 0 Å². The quantitative estimate of drug-likeness (QED) is 0.812. The van der Waals surface area contributed by atoms with Crippen LogP contribution in [0.4, 0.5) is 0 Å². The summed E-state index contributed by atoms with van der Waals surface area (Å²) in [6, 6.07) is 3.65. The van der Waals surface area contributed by atoms with Gasteiger partial charge in [-0.3, -0.25) is 0 Å². The Labute approximate surface area is 114 Å². The van der Waals surface area contributed by atoms with E-state index in [2.05, 4.69) is 32.8 Å². The van der Waals surface area contributed by atoms with Gasteiger partial charge in [0, 0.05) is 4.47 Å². The first-order chi connectivity index (χ1) is 8.52. The predicted molar refractivity (Wildman–Crippen MR) is 75.7 cm³/mol. The number of aromatic nitrogens is 2. The highest BCUT2D eigenvalue weighted by Gasteiger charge is 2.19. The zero-order valence-corrected chi connectivity index (χ0v) is 12.0. The molecule has 98 valence electrons. The molecule has 0 spiro atoms. The maximum absolute atomic E-state index is 11.2. The van der Waals surface area contributed by atoms with Crippen LogP contribution in [0.3, 0.4) is 0 Å². The highest BCUT2D eigenvalue weighted by atomic mass is 79.9. The van der Waals surface area contributed by atoms with Crippen LogP contribution in [0.25, 0.3) is 11.0 Å². The lowest BCUT2D eigenvalue weighted by molar-refractivity contribution is 0.112. The Balaban J connectivity index is 2.43. The highest BCUT2D eigenvalue weighted by Crippen LogP contribution is 2.32. The number of hydrogen-bond donors (Lipinski definition) is 3. The first-order valence-corrected chi connectivity index (χ1v) is 6.91. The van der Waals surface area contributed by atoms with Crippen molar-refractivity contribution in [2.75, 3.05) is 0 Å². The Morgan fingerprint density at radius 3 is 2.56 bits per heavy atom. The number of aromatic amines is 2. The number of fused-ring (bicyclic) bond motifs is 1. The molecule has 1 heterocycles. The minimum atomic E-state index is -0.526. The molecule has 2 aromatic rings. The van der Waals surface area contributed by atoms with E-state index in [4.69, 9.17) is 0 Å². The summed E-state index contributed by atoms with van der Waals surface area (Å²) in [7, 11) is 0. The average molecular weight is 313 g/mol. The van der Waals surface area contributed by atoms with E-state index in [0.717, 1.165) is 33.9 Å². The Kier molecular flexibility index (Phi) is 3.92.